The van der Waals surface area contributed by atoms with E-state index in [4.69, 9.17) is 16.9 Å². The summed E-state index contributed by atoms with van der Waals surface area (Å²) in [5.74, 6) is 0.250. The van der Waals surface area contributed by atoms with Crippen molar-refractivity contribution in [1.29, 1.82) is 5.41 Å². The molecule has 0 aromatic rings. The van der Waals surface area contributed by atoms with Gasteiger partial charge in [0, 0.05) is 20.0 Å². The van der Waals surface area contributed by atoms with Gasteiger partial charge in [-0.15, -0.1) is 0 Å². The number of carbonyl (C=O) groups excluding carboxylic acids is 1. The number of guanidine groups is 2. The molecule has 0 radical (unpaired) electrons. The number of Topliss-reactive ketones (excluding diaryl/α,β-unsaturated/α-hetero) is 1. The van der Waals surface area contributed by atoms with Crippen molar-refractivity contribution in [2.75, 3.05) is 13.6 Å². The molecule has 7 heteroatoms. The Hall–Kier alpha value is -1.79. The Morgan fingerprint density at radius 3 is 2.59 bits per heavy atom. The van der Waals surface area contributed by atoms with Crippen LogP contribution >= 0.6 is 0 Å². The van der Waals surface area contributed by atoms with Gasteiger partial charge in [-0.05, 0) is 12.8 Å². The number of hydrogen-bond donors (Lipinski definition) is 5. The zero-order valence-electron chi connectivity index (χ0n) is 10.4. The topological polar surface area (TPSA) is 129 Å². The fourth-order valence-electron chi connectivity index (χ4n) is 1.35. The van der Waals surface area contributed by atoms with Crippen LogP contribution in [0.15, 0.2) is 4.99 Å². The van der Waals surface area contributed by atoms with Crippen molar-refractivity contribution in [2.45, 2.75) is 32.2 Å². The summed E-state index contributed by atoms with van der Waals surface area (Å²) in [5.41, 5.74) is 10.7. The summed E-state index contributed by atoms with van der Waals surface area (Å²) in [6.07, 6.45) is 1.78. The number of hydrogen-bond acceptors (Lipinski definition) is 3. The van der Waals surface area contributed by atoms with Crippen molar-refractivity contribution in [1.82, 2.24) is 10.6 Å². The summed E-state index contributed by atoms with van der Waals surface area (Å²) in [5, 5.41) is 12.7. The van der Waals surface area contributed by atoms with Crippen LogP contribution in [0.25, 0.3) is 0 Å². The number of ketones is 1. The second-order valence-electron chi connectivity index (χ2n) is 3.61. The molecule has 17 heavy (non-hydrogen) atoms. The number of aliphatic imine (C=N–C) groups is 1. The largest absolute Gasteiger partial charge is 0.370 e. The summed E-state index contributed by atoms with van der Waals surface area (Å²) in [7, 11) is 1.60. The third-order valence-electron chi connectivity index (χ3n) is 2.28. The lowest BCUT2D eigenvalue weighted by Crippen LogP contribution is -2.44. The highest BCUT2D eigenvalue weighted by Gasteiger charge is 2.16. The van der Waals surface area contributed by atoms with E-state index in [1.165, 1.54) is 0 Å². The minimum atomic E-state index is -0.390. The molecule has 0 aliphatic rings. The minimum absolute atomic E-state index is 0.0531. The van der Waals surface area contributed by atoms with E-state index in [0.717, 1.165) is 6.42 Å². The second-order valence-corrected chi connectivity index (χ2v) is 3.61. The van der Waals surface area contributed by atoms with E-state index in [0.29, 0.717) is 25.3 Å². The first-order valence-corrected chi connectivity index (χ1v) is 5.60. The van der Waals surface area contributed by atoms with E-state index in [-0.39, 0.29) is 17.8 Å². The number of rotatable bonds is 7. The number of nitrogens with one attached hydrogen (secondary N) is 3. The van der Waals surface area contributed by atoms with Gasteiger partial charge in [0.25, 0.3) is 0 Å². The maximum atomic E-state index is 11.5. The molecule has 7 nitrogen and oxygen atoms in total. The van der Waals surface area contributed by atoms with Crippen LogP contribution in [0.2, 0.25) is 0 Å². The molecule has 0 saturated heterocycles. The molecule has 0 saturated carbocycles. The quantitative estimate of drug-likeness (QED) is 0.225. The summed E-state index contributed by atoms with van der Waals surface area (Å²) >= 11 is 0. The van der Waals surface area contributed by atoms with Gasteiger partial charge in [-0.3, -0.25) is 15.2 Å². The maximum Gasteiger partial charge on any atom is 0.188 e. The lowest BCUT2D eigenvalue weighted by Gasteiger charge is -2.16. The van der Waals surface area contributed by atoms with E-state index in [1.54, 1.807) is 14.0 Å². The Balaban J connectivity index is 4.00. The van der Waals surface area contributed by atoms with E-state index in [9.17, 15) is 4.79 Å². The Labute approximate surface area is 102 Å². The molecule has 98 valence electrons. The average molecular weight is 242 g/mol. The molecule has 1 unspecified atom stereocenters. The van der Waals surface area contributed by atoms with Gasteiger partial charge in [0.1, 0.15) is 0 Å². The van der Waals surface area contributed by atoms with Gasteiger partial charge in [0.15, 0.2) is 17.7 Å². The fraction of sp³-hybridized carbons (Fsp3) is 0.700. The van der Waals surface area contributed by atoms with Gasteiger partial charge >= 0.3 is 0 Å². The SMILES string of the molecule is CCC(=O)C(CCCNC(N)=NC)NC(=N)N. The van der Waals surface area contributed by atoms with Crippen LogP contribution in [0.1, 0.15) is 26.2 Å². The molecule has 0 aliphatic heterocycles. The van der Waals surface area contributed by atoms with Crippen LogP contribution in [0.3, 0.4) is 0 Å². The molecule has 0 rings (SSSR count). The molecule has 0 heterocycles. The van der Waals surface area contributed by atoms with Gasteiger partial charge in [0.2, 0.25) is 0 Å². The average Bonchev–Trinajstić information content (AvgIpc) is 2.31. The van der Waals surface area contributed by atoms with Crippen molar-refractivity contribution in [2.24, 2.45) is 16.5 Å². The molecule has 0 aromatic heterocycles. The molecule has 0 bridgehead atoms. The number of nitrogens with zero attached hydrogens (tertiary/aromatic N) is 1. The molecule has 0 amide bonds. The van der Waals surface area contributed by atoms with Crippen molar-refractivity contribution in [3.05, 3.63) is 0 Å². The fourth-order valence-corrected chi connectivity index (χ4v) is 1.35. The van der Waals surface area contributed by atoms with Gasteiger partial charge < -0.3 is 22.1 Å². The predicted octanol–water partition coefficient (Wildman–Crippen LogP) is -0.869. The van der Waals surface area contributed by atoms with Gasteiger partial charge in [0.05, 0.1) is 6.04 Å². The predicted molar refractivity (Wildman–Crippen MR) is 68.9 cm³/mol. The first-order chi connectivity index (χ1) is 8.01. The van der Waals surface area contributed by atoms with Crippen LogP contribution in [0.5, 0.6) is 0 Å². The van der Waals surface area contributed by atoms with E-state index >= 15 is 0 Å². The number of nitrogens with two attached hydrogens (primary N) is 2. The summed E-state index contributed by atoms with van der Waals surface area (Å²) < 4.78 is 0. The van der Waals surface area contributed by atoms with Crippen LogP contribution < -0.4 is 22.1 Å². The zero-order chi connectivity index (χ0) is 13.3. The van der Waals surface area contributed by atoms with Crippen LogP contribution in [-0.4, -0.2) is 37.3 Å². The second kappa shape index (κ2) is 8.37. The van der Waals surface area contributed by atoms with Crippen molar-refractivity contribution in [3.8, 4) is 0 Å². The third kappa shape index (κ3) is 7.15. The normalized spacial score (nSPS) is 12.9. The Bertz CT molecular complexity index is 289. The van der Waals surface area contributed by atoms with Crippen molar-refractivity contribution in [3.63, 3.8) is 0 Å². The van der Waals surface area contributed by atoms with Crippen LogP contribution in [-0.2, 0) is 4.79 Å². The Morgan fingerprint density at radius 2 is 2.12 bits per heavy atom. The molecular weight excluding hydrogens is 220 g/mol. The van der Waals surface area contributed by atoms with Gasteiger partial charge in [-0.1, -0.05) is 6.92 Å². The molecule has 7 N–H and O–H groups in total. The lowest BCUT2D eigenvalue weighted by molar-refractivity contribution is -0.120. The highest BCUT2D eigenvalue weighted by molar-refractivity contribution is 5.88. The zero-order valence-corrected chi connectivity index (χ0v) is 10.4. The van der Waals surface area contributed by atoms with Crippen molar-refractivity contribution < 1.29 is 4.79 Å². The Morgan fingerprint density at radius 1 is 1.47 bits per heavy atom. The van der Waals surface area contributed by atoms with Gasteiger partial charge in [-0.25, -0.2) is 0 Å². The summed E-state index contributed by atoms with van der Waals surface area (Å²) in [4.78, 5) is 15.3. The standard InChI is InChI=1S/C10H22N6O/c1-3-8(17)7(16-9(11)12)5-4-6-15-10(13)14-2/h7H,3-6H2,1-2H3,(H4,11,12,16)(H3,13,14,15). The lowest BCUT2D eigenvalue weighted by atomic mass is 10.1. The summed E-state index contributed by atoms with van der Waals surface area (Å²) in [6.45, 7) is 2.42. The van der Waals surface area contributed by atoms with E-state index in [1.807, 2.05) is 0 Å². The molecule has 0 aliphatic carbocycles. The monoisotopic (exact) mass is 242 g/mol. The highest BCUT2D eigenvalue weighted by atomic mass is 16.1. The highest BCUT2D eigenvalue weighted by Crippen LogP contribution is 2.00. The van der Waals surface area contributed by atoms with E-state index < -0.39 is 0 Å². The van der Waals surface area contributed by atoms with Crippen molar-refractivity contribution >= 4 is 17.7 Å². The molecule has 0 fully saturated rings. The van der Waals surface area contributed by atoms with Crippen LogP contribution in [0.4, 0.5) is 0 Å². The van der Waals surface area contributed by atoms with Crippen LogP contribution in [0, 0.1) is 5.41 Å². The first kappa shape index (κ1) is 15.2. The third-order valence-corrected chi connectivity index (χ3v) is 2.28. The Kier molecular flexibility index (Phi) is 7.49. The molecule has 0 aromatic carbocycles. The molecular formula is C10H22N6O. The molecule has 0 spiro atoms. The molecule has 1 atom stereocenters. The smallest absolute Gasteiger partial charge is 0.188 e. The maximum absolute atomic E-state index is 11.5. The first-order valence-electron chi connectivity index (χ1n) is 5.60. The number of carbonyl (C=O) groups is 1. The van der Waals surface area contributed by atoms with Gasteiger partial charge in [-0.2, -0.15) is 0 Å². The minimum Gasteiger partial charge on any atom is -0.370 e. The summed E-state index contributed by atoms with van der Waals surface area (Å²) in [6, 6.07) is -0.390. The van der Waals surface area contributed by atoms with E-state index in [2.05, 4.69) is 15.6 Å².